The third-order valence-electron chi connectivity index (χ3n) is 6.02. The summed E-state index contributed by atoms with van der Waals surface area (Å²) in [5.74, 6) is -0.425. The Hall–Kier alpha value is -4.59. The number of benzene rings is 1. The standard InChI is InChI=1S/C27H24N6O2/c1-17-7-9-19(10-8-17)15-30-26(34)21-13-22-25(31-24-18(2)5-4-12-32(24)27(22)35)33(23(21)28)16-20-6-3-11-29-14-20/h3-14,28H,15-16H2,1-2H3,(H,30,34). The summed E-state index contributed by atoms with van der Waals surface area (Å²) in [6.07, 6.45) is 5.03. The van der Waals surface area contributed by atoms with E-state index in [9.17, 15) is 9.59 Å². The predicted molar refractivity (Wildman–Crippen MR) is 133 cm³/mol. The molecule has 0 aliphatic heterocycles. The summed E-state index contributed by atoms with van der Waals surface area (Å²) < 4.78 is 3.07. The molecule has 4 aromatic heterocycles. The molecule has 4 heterocycles. The fourth-order valence-electron chi connectivity index (χ4n) is 4.08. The minimum absolute atomic E-state index is 0.0207. The van der Waals surface area contributed by atoms with Crippen LogP contribution in [0.2, 0.25) is 0 Å². The smallest absolute Gasteiger partial charge is 0.267 e. The summed E-state index contributed by atoms with van der Waals surface area (Å²) in [6.45, 7) is 4.44. The lowest BCUT2D eigenvalue weighted by Gasteiger charge is -2.15. The van der Waals surface area contributed by atoms with Gasteiger partial charge in [0.2, 0.25) is 0 Å². The molecular formula is C27H24N6O2. The van der Waals surface area contributed by atoms with Crippen LogP contribution in [0.25, 0.3) is 16.7 Å². The fraction of sp³-hybridized carbons (Fsp3) is 0.148. The highest BCUT2D eigenvalue weighted by molar-refractivity contribution is 5.96. The van der Waals surface area contributed by atoms with Crippen molar-refractivity contribution in [2.45, 2.75) is 26.9 Å². The molecule has 8 heteroatoms. The molecule has 0 spiro atoms. The van der Waals surface area contributed by atoms with Crippen molar-refractivity contribution in [1.82, 2.24) is 24.3 Å². The molecule has 0 radical (unpaired) electrons. The van der Waals surface area contributed by atoms with E-state index in [2.05, 4.69) is 10.3 Å². The van der Waals surface area contributed by atoms with Gasteiger partial charge >= 0.3 is 0 Å². The molecule has 5 rings (SSSR count). The molecule has 8 nitrogen and oxygen atoms in total. The van der Waals surface area contributed by atoms with E-state index in [-0.39, 0.29) is 28.5 Å². The van der Waals surface area contributed by atoms with Crippen LogP contribution in [-0.2, 0) is 13.1 Å². The number of pyridine rings is 3. The molecule has 0 bridgehead atoms. The number of hydrogen-bond donors (Lipinski definition) is 2. The molecule has 0 fully saturated rings. The Bertz CT molecular complexity index is 1690. The first-order chi connectivity index (χ1) is 16.9. The number of amides is 1. The lowest BCUT2D eigenvalue weighted by atomic mass is 10.1. The maximum Gasteiger partial charge on any atom is 0.267 e. The number of hydrogen-bond acceptors (Lipinski definition) is 5. The number of nitrogens with zero attached hydrogens (tertiary/aromatic N) is 4. The summed E-state index contributed by atoms with van der Waals surface area (Å²) in [7, 11) is 0. The van der Waals surface area contributed by atoms with Gasteiger partial charge in [0.1, 0.15) is 16.8 Å². The third kappa shape index (κ3) is 4.21. The van der Waals surface area contributed by atoms with E-state index in [1.54, 1.807) is 29.2 Å². The van der Waals surface area contributed by atoms with Crippen molar-refractivity contribution in [3.63, 3.8) is 0 Å². The zero-order valence-corrected chi connectivity index (χ0v) is 19.4. The molecular weight excluding hydrogens is 440 g/mol. The fourth-order valence-corrected chi connectivity index (χ4v) is 4.08. The molecule has 0 aliphatic carbocycles. The zero-order valence-electron chi connectivity index (χ0n) is 19.4. The maximum absolute atomic E-state index is 13.4. The molecule has 35 heavy (non-hydrogen) atoms. The average molecular weight is 465 g/mol. The number of aromatic nitrogens is 4. The Kier molecular flexibility index (Phi) is 5.70. The van der Waals surface area contributed by atoms with Gasteiger partial charge in [-0.25, -0.2) is 4.98 Å². The first-order valence-electron chi connectivity index (χ1n) is 11.2. The van der Waals surface area contributed by atoms with Crippen LogP contribution in [-0.4, -0.2) is 24.8 Å². The van der Waals surface area contributed by atoms with Crippen molar-refractivity contribution in [2.75, 3.05) is 0 Å². The number of rotatable bonds is 5. The highest BCUT2D eigenvalue weighted by atomic mass is 16.1. The van der Waals surface area contributed by atoms with E-state index in [1.807, 2.05) is 56.3 Å². The molecule has 2 N–H and O–H groups in total. The summed E-state index contributed by atoms with van der Waals surface area (Å²) in [5, 5.41) is 12.0. The number of fused-ring (bicyclic) bond motifs is 2. The van der Waals surface area contributed by atoms with Crippen molar-refractivity contribution < 1.29 is 4.79 Å². The topological polar surface area (TPSA) is 105 Å². The molecule has 0 atom stereocenters. The molecule has 0 saturated heterocycles. The van der Waals surface area contributed by atoms with Crippen LogP contribution < -0.4 is 16.4 Å². The van der Waals surface area contributed by atoms with Gasteiger partial charge in [-0.1, -0.05) is 42.0 Å². The van der Waals surface area contributed by atoms with Gasteiger partial charge in [0.15, 0.2) is 0 Å². The van der Waals surface area contributed by atoms with Crippen LogP contribution in [0.4, 0.5) is 0 Å². The number of nitrogens with one attached hydrogen (secondary N) is 2. The SMILES string of the molecule is Cc1ccc(CNC(=O)c2cc3c(=O)n4cccc(C)c4nc3n(Cc3cccnc3)c2=N)cc1. The van der Waals surface area contributed by atoms with E-state index in [4.69, 9.17) is 10.4 Å². The predicted octanol–water partition coefficient (Wildman–Crippen LogP) is 3.12. The molecule has 5 aromatic rings. The summed E-state index contributed by atoms with van der Waals surface area (Å²) in [6, 6.07) is 16.7. The van der Waals surface area contributed by atoms with E-state index < -0.39 is 5.91 Å². The summed E-state index contributed by atoms with van der Waals surface area (Å²) >= 11 is 0. The summed E-state index contributed by atoms with van der Waals surface area (Å²) in [4.78, 5) is 35.6. The Balaban J connectivity index is 1.67. The Morgan fingerprint density at radius 1 is 1.03 bits per heavy atom. The molecule has 0 aliphatic rings. The van der Waals surface area contributed by atoms with Gasteiger partial charge < -0.3 is 9.88 Å². The van der Waals surface area contributed by atoms with Gasteiger partial charge in [0.05, 0.1) is 17.5 Å². The van der Waals surface area contributed by atoms with Crippen molar-refractivity contribution in [2.24, 2.45) is 0 Å². The average Bonchev–Trinajstić information content (AvgIpc) is 2.86. The van der Waals surface area contributed by atoms with Gasteiger partial charge in [-0.15, -0.1) is 0 Å². The van der Waals surface area contributed by atoms with Crippen molar-refractivity contribution in [3.05, 3.63) is 117 Å². The second-order valence-electron chi connectivity index (χ2n) is 8.56. The lowest BCUT2D eigenvalue weighted by molar-refractivity contribution is 0.0948. The van der Waals surface area contributed by atoms with E-state index in [0.717, 1.165) is 22.3 Å². The monoisotopic (exact) mass is 464 g/mol. The van der Waals surface area contributed by atoms with E-state index >= 15 is 0 Å². The minimum Gasteiger partial charge on any atom is -0.348 e. The molecule has 1 amide bonds. The van der Waals surface area contributed by atoms with Crippen LogP contribution in [0.1, 0.15) is 32.6 Å². The maximum atomic E-state index is 13.4. The van der Waals surface area contributed by atoms with Crippen molar-refractivity contribution in [3.8, 4) is 0 Å². The quantitative estimate of drug-likeness (QED) is 0.390. The molecule has 1 aromatic carbocycles. The molecule has 0 saturated carbocycles. The van der Waals surface area contributed by atoms with E-state index in [1.165, 1.54) is 10.5 Å². The Morgan fingerprint density at radius 2 is 1.83 bits per heavy atom. The second kappa shape index (κ2) is 8.98. The first-order valence-corrected chi connectivity index (χ1v) is 11.2. The van der Waals surface area contributed by atoms with Gasteiger partial charge in [-0.3, -0.25) is 24.4 Å². The van der Waals surface area contributed by atoms with Gasteiger partial charge in [-0.2, -0.15) is 0 Å². The van der Waals surface area contributed by atoms with Crippen molar-refractivity contribution in [1.29, 1.82) is 5.41 Å². The first kappa shape index (κ1) is 22.2. The zero-order chi connectivity index (χ0) is 24.5. The number of aryl methyl sites for hydroxylation is 2. The van der Waals surface area contributed by atoms with Crippen LogP contribution in [0.15, 0.2) is 78.0 Å². The van der Waals surface area contributed by atoms with Crippen molar-refractivity contribution >= 4 is 22.6 Å². The summed E-state index contributed by atoms with van der Waals surface area (Å²) in [5.41, 5.74) is 4.42. The number of carbonyl (C=O) groups is 1. The number of carbonyl (C=O) groups excluding carboxylic acids is 1. The van der Waals surface area contributed by atoms with Gasteiger partial charge in [0, 0.05) is 25.1 Å². The van der Waals surface area contributed by atoms with Gasteiger partial charge in [-0.05, 0) is 48.7 Å². The van der Waals surface area contributed by atoms with E-state index in [0.29, 0.717) is 17.8 Å². The third-order valence-corrected chi connectivity index (χ3v) is 6.02. The second-order valence-corrected chi connectivity index (χ2v) is 8.56. The largest absolute Gasteiger partial charge is 0.348 e. The Morgan fingerprint density at radius 3 is 2.57 bits per heavy atom. The molecule has 174 valence electrons. The van der Waals surface area contributed by atoms with Gasteiger partial charge in [0.25, 0.3) is 11.5 Å². The van der Waals surface area contributed by atoms with Crippen LogP contribution >= 0.6 is 0 Å². The highest BCUT2D eigenvalue weighted by Gasteiger charge is 2.18. The Labute approximate surface area is 201 Å². The molecule has 0 unspecified atom stereocenters. The lowest BCUT2D eigenvalue weighted by Crippen LogP contribution is -2.35. The highest BCUT2D eigenvalue weighted by Crippen LogP contribution is 2.14. The van der Waals surface area contributed by atoms with Crippen LogP contribution in [0.3, 0.4) is 0 Å². The minimum atomic E-state index is -0.425. The normalized spacial score (nSPS) is 11.1. The van der Waals surface area contributed by atoms with Crippen LogP contribution in [0.5, 0.6) is 0 Å². The van der Waals surface area contributed by atoms with Crippen LogP contribution in [0, 0.1) is 19.3 Å².